The summed E-state index contributed by atoms with van der Waals surface area (Å²) in [6.07, 6.45) is 7.16. The van der Waals surface area contributed by atoms with E-state index in [1.54, 1.807) is 11.3 Å². The number of hydrogen-bond acceptors (Lipinski definition) is 4. The van der Waals surface area contributed by atoms with Crippen molar-refractivity contribution in [1.82, 2.24) is 14.8 Å². The summed E-state index contributed by atoms with van der Waals surface area (Å²) in [6, 6.07) is 11.5. The lowest BCUT2D eigenvalue weighted by atomic mass is 9.71. The minimum Gasteiger partial charge on any atom is -0.336 e. The van der Waals surface area contributed by atoms with E-state index in [-0.39, 0.29) is 0 Å². The number of nitrogens with zero attached hydrogens (tertiary/aromatic N) is 3. The number of aromatic nitrogens is 1. The van der Waals surface area contributed by atoms with Crippen LogP contribution in [0.15, 0.2) is 41.9 Å². The lowest BCUT2D eigenvalue weighted by molar-refractivity contribution is -0.152. The van der Waals surface area contributed by atoms with Crippen LogP contribution in [0.3, 0.4) is 0 Å². The Bertz CT molecular complexity index is 778. The molecule has 4 atom stereocenters. The fourth-order valence-electron chi connectivity index (χ4n) is 5.64. The summed E-state index contributed by atoms with van der Waals surface area (Å²) in [5, 5.41) is 3.28. The van der Waals surface area contributed by atoms with E-state index in [1.807, 2.05) is 6.20 Å². The predicted molar refractivity (Wildman–Crippen MR) is 107 cm³/mol. The summed E-state index contributed by atoms with van der Waals surface area (Å²) in [6.45, 7) is 3.16. The van der Waals surface area contributed by atoms with E-state index < -0.39 is 0 Å². The maximum atomic E-state index is 12.9. The zero-order chi connectivity index (χ0) is 18.2. The van der Waals surface area contributed by atoms with Crippen molar-refractivity contribution in [3.63, 3.8) is 0 Å². The van der Waals surface area contributed by atoms with Gasteiger partial charge in [0, 0.05) is 43.2 Å². The number of fused-ring (bicyclic) bond motifs is 4. The first kappa shape index (κ1) is 17.4. The molecule has 1 aromatic carbocycles. The molecular formula is C22H27N3OS. The van der Waals surface area contributed by atoms with Crippen molar-refractivity contribution in [2.24, 2.45) is 11.8 Å². The van der Waals surface area contributed by atoms with Crippen LogP contribution in [0.4, 0.5) is 0 Å². The SMILES string of the molecule is O=C1CCC[C@H]2[C@@H]3C[C@@H](CN(Cc4nccs4)C3)[C@H](Cc3ccccc3)N12. The van der Waals surface area contributed by atoms with Gasteiger partial charge in [-0.15, -0.1) is 11.3 Å². The van der Waals surface area contributed by atoms with Gasteiger partial charge in [-0.05, 0) is 43.1 Å². The molecule has 3 fully saturated rings. The van der Waals surface area contributed by atoms with Crippen LogP contribution >= 0.6 is 11.3 Å². The first-order valence-electron chi connectivity index (χ1n) is 10.2. The number of likely N-dealkylation sites (tertiary alicyclic amines) is 1. The van der Waals surface area contributed by atoms with Gasteiger partial charge in [0.05, 0.1) is 6.54 Å². The van der Waals surface area contributed by atoms with Gasteiger partial charge in [-0.3, -0.25) is 9.69 Å². The van der Waals surface area contributed by atoms with Crippen LogP contribution in [-0.2, 0) is 17.8 Å². The second-order valence-corrected chi connectivity index (χ2v) is 9.37. The van der Waals surface area contributed by atoms with Gasteiger partial charge in [0.15, 0.2) is 0 Å². The lowest BCUT2D eigenvalue weighted by Gasteiger charge is -2.56. The molecule has 0 saturated carbocycles. The minimum atomic E-state index is 0.348. The number of piperidine rings is 3. The van der Waals surface area contributed by atoms with E-state index in [1.165, 1.54) is 23.4 Å². The average molecular weight is 382 g/mol. The molecule has 4 heterocycles. The molecule has 2 aromatic rings. The van der Waals surface area contributed by atoms with Crippen LogP contribution in [-0.4, -0.2) is 45.9 Å². The van der Waals surface area contributed by atoms with Gasteiger partial charge in [0.25, 0.3) is 0 Å². The summed E-state index contributed by atoms with van der Waals surface area (Å²) in [5.74, 6) is 1.59. The smallest absolute Gasteiger partial charge is 0.223 e. The molecular weight excluding hydrogens is 354 g/mol. The number of amides is 1. The van der Waals surface area contributed by atoms with Gasteiger partial charge >= 0.3 is 0 Å². The van der Waals surface area contributed by atoms with Crippen LogP contribution in [0.2, 0.25) is 0 Å². The Kier molecular flexibility index (Phi) is 4.74. The van der Waals surface area contributed by atoms with Crippen LogP contribution < -0.4 is 0 Å². The molecule has 5 rings (SSSR count). The molecule has 0 aliphatic carbocycles. The van der Waals surface area contributed by atoms with Gasteiger partial charge in [0.2, 0.25) is 5.91 Å². The summed E-state index contributed by atoms with van der Waals surface area (Å²) in [4.78, 5) is 22.3. The maximum absolute atomic E-state index is 12.9. The highest BCUT2D eigenvalue weighted by Gasteiger charge is 2.49. The molecule has 142 valence electrons. The third kappa shape index (κ3) is 3.43. The van der Waals surface area contributed by atoms with E-state index in [9.17, 15) is 4.79 Å². The maximum Gasteiger partial charge on any atom is 0.223 e. The van der Waals surface area contributed by atoms with Gasteiger partial charge < -0.3 is 4.90 Å². The summed E-state index contributed by atoms with van der Waals surface area (Å²) < 4.78 is 0. The van der Waals surface area contributed by atoms with Crippen molar-refractivity contribution in [2.75, 3.05) is 13.1 Å². The number of hydrogen-bond donors (Lipinski definition) is 0. The summed E-state index contributed by atoms with van der Waals surface area (Å²) in [5.41, 5.74) is 1.36. The van der Waals surface area contributed by atoms with Gasteiger partial charge in [-0.25, -0.2) is 4.98 Å². The molecule has 0 spiro atoms. The van der Waals surface area contributed by atoms with Crippen LogP contribution in [0.5, 0.6) is 0 Å². The van der Waals surface area contributed by atoms with E-state index in [0.717, 1.165) is 38.9 Å². The second kappa shape index (κ2) is 7.36. The Morgan fingerprint density at radius 3 is 2.81 bits per heavy atom. The summed E-state index contributed by atoms with van der Waals surface area (Å²) >= 11 is 1.75. The quantitative estimate of drug-likeness (QED) is 0.812. The van der Waals surface area contributed by atoms with E-state index in [4.69, 9.17) is 0 Å². The molecule has 1 aromatic heterocycles. The predicted octanol–water partition coefficient (Wildman–Crippen LogP) is 3.59. The molecule has 0 unspecified atom stereocenters. The average Bonchev–Trinajstić information content (AvgIpc) is 3.19. The monoisotopic (exact) mass is 381 g/mol. The molecule has 3 aliphatic rings. The Morgan fingerprint density at radius 2 is 2.00 bits per heavy atom. The van der Waals surface area contributed by atoms with Gasteiger partial charge in [0.1, 0.15) is 5.01 Å². The molecule has 3 saturated heterocycles. The zero-order valence-electron chi connectivity index (χ0n) is 15.7. The molecule has 5 heteroatoms. The zero-order valence-corrected chi connectivity index (χ0v) is 16.5. The van der Waals surface area contributed by atoms with Crippen molar-refractivity contribution in [2.45, 2.75) is 50.7 Å². The van der Waals surface area contributed by atoms with Crippen LogP contribution in [0.25, 0.3) is 0 Å². The fourth-order valence-corrected chi connectivity index (χ4v) is 6.30. The van der Waals surface area contributed by atoms with Crippen molar-refractivity contribution in [3.05, 3.63) is 52.5 Å². The van der Waals surface area contributed by atoms with Crippen molar-refractivity contribution in [1.29, 1.82) is 0 Å². The normalized spacial score (nSPS) is 31.0. The largest absolute Gasteiger partial charge is 0.336 e. The van der Waals surface area contributed by atoms with E-state index >= 15 is 0 Å². The number of carbonyl (C=O) groups excluding carboxylic acids is 1. The minimum absolute atomic E-state index is 0.348. The topological polar surface area (TPSA) is 36.4 Å². The van der Waals surface area contributed by atoms with Crippen molar-refractivity contribution < 1.29 is 4.79 Å². The van der Waals surface area contributed by atoms with Crippen LogP contribution in [0, 0.1) is 11.8 Å². The highest BCUT2D eigenvalue weighted by atomic mass is 32.1. The fraction of sp³-hybridized carbons (Fsp3) is 0.545. The van der Waals surface area contributed by atoms with Gasteiger partial charge in [-0.2, -0.15) is 0 Å². The highest BCUT2D eigenvalue weighted by molar-refractivity contribution is 7.09. The van der Waals surface area contributed by atoms with Crippen molar-refractivity contribution in [3.8, 4) is 0 Å². The molecule has 2 bridgehead atoms. The second-order valence-electron chi connectivity index (χ2n) is 8.39. The highest BCUT2D eigenvalue weighted by Crippen LogP contribution is 2.42. The molecule has 27 heavy (non-hydrogen) atoms. The van der Waals surface area contributed by atoms with Gasteiger partial charge in [-0.1, -0.05) is 30.3 Å². The molecule has 3 aliphatic heterocycles. The Labute approximate surface area is 165 Å². The van der Waals surface area contributed by atoms with Crippen LogP contribution in [0.1, 0.15) is 36.3 Å². The number of thiazole rings is 1. The number of rotatable bonds is 4. The number of benzene rings is 1. The Morgan fingerprint density at radius 1 is 1.15 bits per heavy atom. The molecule has 1 amide bonds. The first-order valence-corrected chi connectivity index (χ1v) is 11.1. The molecule has 4 nitrogen and oxygen atoms in total. The van der Waals surface area contributed by atoms with E-state index in [2.05, 4.69) is 50.5 Å². The molecule has 0 radical (unpaired) electrons. The van der Waals surface area contributed by atoms with Crippen molar-refractivity contribution >= 4 is 17.2 Å². The Hall–Kier alpha value is -1.72. The third-order valence-corrected chi connectivity index (χ3v) is 7.47. The summed E-state index contributed by atoms with van der Waals surface area (Å²) in [7, 11) is 0. The molecule has 0 N–H and O–H groups in total. The first-order chi connectivity index (χ1) is 13.3. The van der Waals surface area contributed by atoms with E-state index in [0.29, 0.717) is 29.8 Å². The standard InChI is InChI=1S/C22H27N3OS/c26-22-8-4-7-19-17-12-18(14-24(13-17)15-21-23-9-10-27-21)20(25(19)22)11-16-5-2-1-3-6-16/h1-3,5-6,9-10,17-20H,4,7-8,11-15H2/t17-,18+,19+,20+/m1/s1. The Balaban J connectivity index is 1.41. The number of carbonyl (C=O) groups is 1. The lowest BCUT2D eigenvalue weighted by Crippen LogP contribution is -2.65. The third-order valence-electron chi connectivity index (χ3n) is 6.70.